The Morgan fingerprint density at radius 3 is 2.39 bits per heavy atom. The topological polar surface area (TPSA) is 98.7 Å². The maximum absolute atomic E-state index is 13.8. The number of amides is 1. The van der Waals surface area contributed by atoms with E-state index >= 15 is 0 Å². The van der Waals surface area contributed by atoms with E-state index in [2.05, 4.69) is 14.9 Å². The molecule has 0 aliphatic carbocycles. The Balaban J connectivity index is 1.49. The molecule has 0 saturated carbocycles. The van der Waals surface area contributed by atoms with E-state index in [0.29, 0.717) is 0 Å². The molecular formula is C22H28FN3O4S. The van der Waals surface area contributed by atoms with Gasteiger partial charge in [-0.25, -0.2) is 12.8 Å². The lowest BCUT2D eigenvalue weighted by Gasteiger charge is -2.29. The average molecular weight is 450 g/mol. The van der Waals surface area contributed by atoms with Crippen molar-refractivity contribution in [1.82, 2.24) is 14.9 Å². The van der Waals surface area contributed by atoms with E-state index in [1.807, 2.05) is 24.3 Å². The van der Waals surface area contributed by atoms with E-state index in [-0.39, 0.29) is 12.6 Å². The van der Waals surface area contributed by atoms with E-state index in [1.54, 1.807) is 0 Å². The summed E-state index contributed by atoms with van der Waals surface area (Å²) >= 11 is 0. The summed E-state index contributed by atoms with van der Waals surface area (Å²) in [6.45, 7) is 4.22. The summed E-state index contributed by atoms with van der Waals surface area (Å²) in [4.78, 5) is 14.1. The lowest BCUT2D eigenvalue weighted by molar-refractivity contribution is -0.122. The van der Waals surface area contributed by atoms with E-state index in [0.717, 1.165) is 55.7 Å². The predicted molar refractivity (Wildman–Crippen MR) is 115 cm³/mol. The number of piperidine rings is 1. The van der Waals surface area contributed by atoms with E-state index < -0.39 is 32.7 Å². The van der Waals surface area contributed by atoms with Crippen LogP contribution in [-0.2, 0) is 27.9 Å². The first-order valence-electron chi connectivity index (χ1n) is 10.3. The van der Waals surface area contributed by atoms with Crippen molar-refractivity contribution in [3.63, 3.8) is 0 Å². The van der Waals surface area contributed by atoms with Crippen LogP contribution in [-0.4, -0.2) is 49.6 Å². The zero-order chi connectivity index (χ0) is 22.4. The zero-order valence-electron chi connectivity index (χ0n) is 17.4. The lowest BCUT2D eigenvalue weighted by Crippen LogP contribution is -2.44. The fraction of sp³-hybridized carbons (Fsp3) is 0.409. The van der Waals surface area contributed by atoms with Gasteiger partial charge in [0.05, 0.1) is 12.1 Å². The summed E-state index contributed by atoms with van der Waals surface area (Å²) in [7, 11) is -4.15. The molecule has 3 rings (SSSR count). The number of aliphatic hydroxyl groups is 1. The van der Waals surface area contributed by atoms with Crippen molar-refractivity contribution < 1.29 is 22.7 Å². The summed E-state index contributed by atoms with van der Waals surface area (Å²) in [6.07, 6.45) is 1.40. The smallest absolute Gasteiger partial charge is 0.244 e. The molecule has 3 N–H and O–H groups in total. The summed E-state index contributed by atoms with van der Waals surface area (Å²) in [5.41, 5.74) is 2.04. The van der Waals surface area contributed by atoms with Crippen LogP contribution in [0.15, 0.2) is 53.4 Å². The first-order valence-corrected chi connectivity index (χ1v) is 11.8. The fourth-order valence-electron chi connectivity index (χ4n) is 3.45. The summed E-state index contributed by atoms with van der Waals surface area (Å²) in [6, 6.07) is 11.8. The zero-order valence-corrected chi connectivity index (χ0v) is 18.2. The average Bonchev–Trinajstić information content (AvgIpc) is 2.74. The molecule has 7 nitrogen and oxygen atoms in total. The van der Waals surface area contributed by atoms with Gasteiger partial charge >= 0.3 is 0 Å². The van der Waals surface area contributed by atoms with E-state index in [9.17, 15) is 22.7 Å². The van der Waals surface area contributed by atoms with Gasteiger partial charge in [-0.2, -0.15) is 4.72 Å². The Morgan fingerprint density at radius 2 is 1.74 bits per heavy atom. The molecule has 0 radical (unpaired) electrons. The first kappa shape index (κ1) is 23.3. The van der Waals surface area contributed by atoms with Crippen molar-refractivity contribution in [3.8, 4) is 0 Å². The maximum Gasteiger partial charge on any atom is 0.244 e. The second-order valence-corrected chi connectivity index (χ2v) is 9.50. The number of halogens is 1. The molecule has 1 saturated heterocycles. The second kappa shape index (κ2) is 10.3. The first-order chi connectivity index (χ1) is 14.7. The molecule has 9 heteroatoms. The Labute approximate surface area is 182 Å². The molecule has 2 aromatic rings. The van der Waals surface area contributed by atoms with Crippen molar-refractivity contribution >= 4 is 15.9 Å². The third-order valence-electron chi connectivity index (χ3n) is 5.30. The molecule has 0 bridgehead atoms. The number of carbonyl (C=O) groups is 1. The molecule has 1 amide bonds. The maximum atomic E-state index is 13.8. The molecule has 1 fully saturated rings. The van der Waals surface area contributed by atoms with Crippen LogP contribution in [0.1, 0.15) is 30.9 Å². The van der Waals surface area contributed by atoms with Crippen LogP contribution in [0.25, 0.3) is 0 Å². The van der Waals surface area contributed by atoms with Crippen LogP contribution in [0.2, 0.25) is 0 Å². The van der Waals surface area contributed by atoms with Gasteiger partial charge in [0.2, 0.25) is 15.9 Å². The van der Waals surface area contributed by atoms with E-state index in [1.165, 1.54) is 19.1 Å². The van der Waals surface area contributed by atoms with Gasteiger partial charge < -0.3 is 10.4 Å². The number of aliphatic hydroxyl groups excluding tert-OH is 1. The highest BCUT2D eigenvalue weighted by Gasteiger charge is 2.24. The van der Waals surface area contributed by atoms with Gasteiger partial charge in [-0.3, -0.25) is 9.69 Å². The number of sulfonamides is 1. The largest absolute Gasteiger partial charge is 0.393 e. The van der Waals surface area contributed by atoms with Crippen LogP contribution >= 0.6 is 0 Å². The van der Waals surface area contributed by atoms with Gasteiger partial charge in [0.25, 0.3) is 0 Å². The van der Waals surface area contributed by atoms with Gasteiger partial charge in [-0.1, -0.05) is 36.4 Å². The summed E-state index contributed by atoms with van der Waals surface area (Å²) in [5, 5.41) is 12.3. The van der Waals surface area contributed by atoms with Crippen LogP contribution < -0.4 is 10.0 Å². The predicted octanol–water partition coefficient (Wildman–Crippen LogP) is 1.77. The number of likely N-dealkylation sites (tertiary alicyclic amines) is 1. The Bertz CT molecular complexity index is 990. The van der Waals surface area contributed by atoms with Crippen molar-refractivity contribution in [2.24, 2.45) is 0 Å². The molecule has 1 aliphatic rings. The minimum Gasteiger partial charge on any atom is -0.393 e. The van der Waals surface area contributed by atoms with Crippen molar-refractivity contribution in [2.45, 2.75) is 49.9 Å². The molecule has 1 aliphatic heterocycles. The molecule has 1 heterocycles. The van der Waals surface area contributed by atoms with Gasteiger partial charge in [0.1, 0.15) is 10.7 Å². The third-order valence-corrected chi connectivity index (χ3v) is 6.88. The van der Waals surface area contributed by atoms with Crippen molar-refractivity contribution in [3.05, 3.63) is 65.5 Å². The molecular weight excluding hydrogens is 421 g/mol. The molecule has 0 unspecified atom stereocenters. The highest BCUT2D eigenvalue weighted by atomic mass is 32.2. The van der Waals surface area contributed by atoms with Crippen LogP contribution in [0.3, 0.4) is 0 Å². The van der Waals surface area contributed by atoms with Crippen molar-refractivity contribution in [1.29, 1.82) is 0 Å². The van der Waals surface area contributed by atoms with Gasteiger partial charge in [-0.15, -0.1) is 0 Å². The number of hydrogen-bond donors (Lipinski definition) is 3. The highest BCUT2D eigenvalue weighted by molar-refractivity contribution is 7.89. The number of rotatable bonds is 8. The quantitative estimate of drug-likeness (QED) is 0.571. The minimum atomic E-state index is -4.15. The molecule has 0 aromatic heterocycles. The lowest BCUT2D eigenvalue weighted by atomic mass is 10.1. The standard InChI is InChI=1S/C22H28FN3O4S/c1-16(25-31(29,30)21-5-3-2-4-20(21)23)22(28)24-14-17-6-8-18(9-7-17)15-26-12-10-19(27)11-13-26/h2-9,16,19,25,27H,10-15H2,1H3,(H,24,28)/t16-/m0/s1. The van der Waals surface area contributed by atoms with Gasteiger partial charge in [0.15, 0.2) is 0 Å². The monoisotopic (exact) mass is 449 g/mol. The number of nitrogens with zero attached hydrogens (tertiary/aromatic N) is 1. The molecule has 31 heavy (non-hydrogen) atoms. The van der Waals surface area contributed by atoms with Crippen LogP contribution in [0, 0.1) is 5.82 Å². The Hall–Kier alpha value is -2.33. The Morgan fingerprint density at radius 1 is 1.13 bits per heavy atom. The highest BCUT2D eigenvalue weighted by Crippen LogP contribution is 2.15. The summed E-state index contributed by atoms with van der Waals surface area (Å²) in [5.74, 6) is -1.38. The number of hydrogen-bond acceptors (Lipinski definition) is 5. The molecule has 0 spiro atoms. The number of benzene rings is 2. The summed E-state index contributed by atoms with van der Waals surface area (Å²) < 4.78 is 40.6. The van der Waals surface area contributed by atoms with Gasteiger partial charge in [0, 0.05) is 26.2 Å². The number of nitrogens with one attached hydrogen (secondary N) is 2. The second-order valence-electron chi connectivity index (χ2n) is 7.82. The van der Waals surface area contributed by atoms with Crippen LogP contribution in [0.4, 0.5) is 4.39 Å². The SMILES string of the molecule is C[C@H](NS(=O)(=O)c1ccccc1F)C(=O)NCc1ccc(CN2CCC(O)CC2)cc1. The number of carbonyl (C=O) groups excluding carboxylic acids is 1. The van der Waals surface area contributed by atoms with E-state index in [4.69, 9.17) is 0 Å². The molecule has 2 aromatic carbocycles. The third kappa shape index (κ3) is 6.57. The normalized spacial score (nSPS) is 16.7. The van der Waals surface area contributed by atoms with Gasteiger partial charge in [-0.05, 0) is 43.0 Å². The fourth-order valence-corrected chi connectivity index (χ4v) is 4.73. The molecule has 168 valence electrons. The molecule has 1 atom stereocenters. The van der Waals surface area contributed by atoms with Crippen LogP contribution in [0.5, 0.6) is 0 Å². The Kier molecular flexibility index (Phi) is 7.77. The minimum absolute atomic E-state index is 0.194. The van der Waals surface area contributed by atoms with Crippen molar-refractivity contribution in [2.75, 3.05) is 13.1 Å².